The van der Waals surface area contributed by atoms with Crippen molar-refractivity contribution < 1.29 is 14.1 Å². The van der Waals surface area contributed by atoms with Gasteiger partial charge in [0.2, 0.25) is 5.89 Å². The van der Waals surface area contributed by atoms with E-state index in [2.05, 4.69) is 10.1 Å². The van der Waals surface area contributed by atoms with Crippen LogP contribution in [0, 0.1) is 0 Å². The Morgan fingerprint density at radius 3 is 2.79 bits per heavy atom. The van der Waals surface area contributed by atoms with E-state index in [-0.39, 0.29) is 5.97 Å². The van der Waals surface area contributed by atoms with E-state index in [1.165, 1.54) is 12.8 Å². The van der Waals surface area contributed by atoms with Gasteiger partial charge in [0, 0.05) is 5.92 Å². The summed E-state index contributed by atoms with van der Waals surface area (Å²) in [5, 5.41) is 4.05. The number of hydrogen-bond donors (Lipinski definition) is 0. The number of carbonyl (C=O) groups is 1. The highest BCUT2D eigenvalue weighted by Gasteiger charge is 2.29. The van der Waals surface area contributed by atoms with Crippen LogP contribution in [0.15, 0.2) is 4.52 Å². The summed E-state index contributed by atoms with van der Waals surface area (Å²) < 4.78 is 10.4. The first-order chi connectivity index (χ1) is 9.26. The fraction of sp³-hybridized carbons (Fsp3) is 0.786. The number of rotatable bonds is 6. The number of hydrogen-bond acceptors (Lipinski definition) is 5. The molecule has 1 fully saturated rings. The molecule has 1 saturated carbocycles. The van der Waals surface area contributed by atoms with E-state index >= 15 is 0 Å². The topological polar surface area (TPSA) is 65.2 Å². The van der Waals surface area contributed by atoms with Crippen molar-refractivity contribution in [2.45, 2.75) is 64.2 Å². The third-order valence-corrected chi connectivity index (χ3v) is 3.62. The third kappa shape index (κ3) is 3.33. The number of aromatic nitrogens is 2. The molecule has 0 amide bonds. The zero-order valence-electron chi connectivity index (χ0n) is 11.7. The van der Waals surface area contributed by atoms with E-state index in [1.54, 1.807) is 6.92 Å². The van der Waals surface area contributed by atoms with Crippen molar-refractivity contribution in [2.24, 2.45) is 0 Å². The van der Waals surface area contributed by atoms with Gasteiger partial charge in [-0.1, -0.05) is 31.3 Å². The summed E-state index contributed by atoms with van der Waals surface area (Å²) in [4.78, 5) is 16.4. The van der Waals surface area contributed by atoms with Crippen LogP contribution in [0.4, 0.5) is 0 Å². The van der Waals surface area contributed by atoms with Crippen LogP contribution in [0.1, 0.15) is 75.9 Å². The molecule has 0 saturated heterocycles. The van der Waals surface area contributed by atoms with Crippen LogP contribution in [0.2, 0.25) is 0 Å². The third-order valence-electron chi connectivity index (χ3n) is 3.62. The zero-order chi connectivity index (χ0) is 13.7. The average molecular weight is 266 g/mol. The molecule has 0 spiro atoms. The van der Waals surface area contributed by atoms with Crippen molar-refractivity contribution in [3.63, 3.8) is 0 Å². The lowest BCUT2D eigenvalue weighted by molar-refractivity contribution is -0.145. The summed E-state index contributed by atoms with van der Waals surface area (Å²) in [5.41, 5.74) is 0. The first kappa shape index (κ1) is 14.0. The largest absolute Gasteiger partial charge is 0.465 e. The first-order valence-electron chi connectivity index (χ1n) is 7.26. The van der Waals surface area contributed by atoms with Gasteiger partial charge < -0.3 is 9.26 Å². The van der Waals surface area contributed by atoms with Gasteiger partial charge in [0.15, 0.2) is 5.82 Å². The van der Waals surface area contributed by atoms with E-state index in [1.807, 2.05) is 6.92 Å². The molecule has 0 aromatic carbocycles. The van der Waals surface area contributed by atoms with Crippen LogP contribution in [0.5, 0.6) is 0 Å². The molecular weight excluding hydrogens is 244 g/mol. The lowest BCUT2D eigenvalue weighted by Crippen LogP contribution is -2.16. The average Bonchev–Trinajstić information content (AvgIpc) is 3.06. The van der Waals surface area contributed by atoms with Gasteiger partial charge >= 0.3 is 5.97 Å². The Hall–Kier alpha value is -1.39. The number of ether oxygens (including phenoxy) is 1. The fourth-order valence-electron chi connectivity index (χ4n) is 2.61. The SMILES string of the molecule is CCCC(C(=O)OCC)c1nc(C2CCCC2)no1. The minimum atomic E-state index is -0.410. The first-order valence-corrected chi connectivity index (χ1v) is 7.26. The molecule has 2 rings (SSSR count). The van der Waals surface area contributed by atoms with Crippen LogP contribution in [-0.4, -0.2) is 22.7 Å². The normalized spacial score (nSPS) is 17.6. The molecule has 1 aromatic heterocycles. The van der Waals surface area contributed by atoms with Gasteiger partial charge in [-0.25, -0.2) is 0 Å². The Morgan fingerprint density at radius 1 is 1.42 bits per heavy atom. The molecule has 106 valence electrons. The van der Waals surface area contributed by atoms with E-state index in [9.17, 15) is 4.79 Å². The maximum Gasteiger partial charge on any atom is 0.318 e. The van der Waals surface area contributed by atoms with Crippen LogP contribution in [0.3, 0.4) is 0 Å². The molecular formula is C14H22N2O3. The van der Waals surface area contributed by atoms with Crippen molar-refractivity contribution in [2.75, 3.05) is 6.61 Å². The fourth-order valence-corrected chi connectivity index (χ4v) is 2.61. The predicted molar refractivity (Wildman–Crippen MR) is 69.8 cm³/mol. The number of carbonyl (C=O) groups excluding carboxylic acids is 1. The summed E-state index contributed by atoms with van der Waals surface area (Å²) >= 11 is 0. The summed E-state index contributed by atoms with van der Waals surface area (Å²) in [6, 6.07) is 0. The number of esters is 1. The molecule has 19 heavy (non-hydrogen) atoms. The van der Waals surface area contributed by atoms with Crippen molar-refractivity contribution in [1.29, 1.82) is 0 Å². The van der Waals surface area contributed by atoms with Crippen LogP contribution in [-0.2, 0) is 9.53 Å². The Bertz CT molecular complexity index is 411. The van der Waals surface area contributed by atoms with Crippen molar-refractivity contribution in [1.82, 2.24) is 10.1 Å². The maximum absolute atomic E-state index is 11.9. The molecule has 1 heterocycles. The van der Waals surface area contributed by atoms with Crippen molar-refractivity contribution >= 4 is 5.97 Å². The highest BCUT2D eigenvalue weighted by atomic mass is 16.5. The van der Waals surface area contributed by atoms with Gasteiger partial charge in [-0.15, -0.1) is 0 Å². The molecule has 1 aromatic rings. The van der Waals surface area contributed by atoms with Gasteiger partial charge in [0.05, 0.1) is 6.61 Å². The summed E-state index contributed by atoms with van der Waals surface area (Å²) in [5.74, 6) is 0.917. The lowest BCUT2D eigenvalue weighted by atomic mass is 10.0. The van der Waals surface area contributed by atoms with Crippen molar-refractivity contribution in [3.8, 4) is 0 Å². The number of nitrogens with zero attached hydrogens (tertiary/aromatic N) is 2. The van der Waals surface area contributed by atoms with Crippen LogP contribution >= 0.6 is 0 Å². The van der Waals surface area contributed by atoms with Crippen LogP contribution < -0.4 is 0 Å². The minimum Gasteiger partial charge on any atom is -0.465 e. The molecule has 0 aliphatic heterocycles. The van der Waals surface area contributed by atoms with E-state index in [0.29, 0.717) is 24.8 Å². The Kier molecular flexibility index (Phi) is 4.93. The van der Waals surface area contributed by atoms with Gasteiger partial charge in [0.1, 0.15) is 5.92 Å². The standard InChI is InChI=1S/C14H22N2O3/c1-3-7-11(14(17)18-4-2)13-15-12(16-19-13)10-8-5-6-9-10/h10-11H,3-9H2,1-2H3. The van der Waals surface area contributed by atoms with E-state index in [0.717, 1.165) is 25.1 Å². The highest BCUT2D eigenvalue weighted by Crippen LogP contribution is 2.33. The monoisotopic (exact) mass is 266 g/mol. The second-order valence-electron chi connectivity index (χ2n) is 5.07. The quantitative estimate of drug-likeness (QED) is 0.740. The van der Waals surface area contributed by atoms with E-state index in [4.69, 9.17) is 9.26 Å². The van der Waals surface area contributed by atoms with Crippen molar-refractivity contribution in [3.05, 3.63) is 11.7 Å². The Balaban J connectivity index is 2.10. The van der Waals surface area contributed by atoms with Gasteiger partial charge in [-0.05, 0) is 26.2 Å². The lowest BCUT2D eigenvalue weighted by Gasteiger charge is -2.10. The second-order valence-corrected chi connectivity index (χ2v) is 5.07. The predicted octanol–water partition coefficient (Wildman–Crippen LogP) is 3.17. The zero-order valence-corrected chi connectivity index (χ0v) is 11.7. The molecule has 1 aliphatic rings. The minimum absolute atomic E-state index is 0.258. The van der Waals surface area contributed by atoms with E-state index < -0.39 is 5.92 Å². The molecule has 1 unspecified atom stereocenters. The molecule has 0 bridgehead atoms. The maximum atomic E-state index is 11.9. The van der Waals surface area contributed by atoms with Gasteiger partial charge in [-0.2, -0.15) is 4.98 Å². The highest BCUT2D eigenvalue weighted by molar-refractivity contribution is 5.76. The Morgan fingerprint density at radius 2 is 2.16 bits per heavy atom. The molecule has 1 atom stereocenters. The summed E-state index contributed by atoms with van der Waals surface area (Å²) in [7, 11) is 0. The van der Waals surface area contributed by atoms with Gasteiger partial charge in [0.25, 0.3) is 0 Å². The van der Waals surface area contributed by atoms with Gasteiger partial charge in [-0.3, -0.25) is 4.79 Å². The summed E-state index contributed by atoms with van der Waals surface area (Å²) in [6.07, 6.45) is 6.26. The molecule has 5 heteroatoms. The second kappa shape index (κ2) is 6.68. The summed E-state index contributed by atoms with van der Waals surface area (Å²) in [6.45, 7) is 4.21. The molecule has 0 N–H and O–H groups in total. The smallest absolute Gasteiger partial charge is 0.318 e. The van der Waals surface area contributed by atoms with Crippen LogP contribution in [0.25, 0.3) is 0 Å². The Labute approximate surface area is 113 Å². The molecule has 1 aliphatic carbocycles. The molecule has 0 radical (unpaired) electrons. The molecule has 5 nitrogen and oxygen atoms in total.